The lowest BCUT2D eigenvalue weighted by Crippen LogP contribution is -2.38. The predicted octanol–water partition coefficient (Wildman–Crippen LogP) is 1.90. The van der Waals surface area contributed by atoms with Gasteiger partial charge in [-0.3, -0.25) is 0 Å². The van der Waals surface area contributed by atoms with Crippen LogP contribution >= 0.6 is 0 Å². The Morgan fingerprint density at radius 3 is 2.67 bits per heavy atom. The zero-order chi connectivity index (χ0) is 10.7. The summed E-state index contributed by atoms with van der Waals surface area (Å²) in [7, 11) is 0. The third kappa shape index (κ3) is 2.39. The van der Waals surface area contributed by atoms with Crippen LogP contribution in [0.15, 0.2) is 30.3 Å². The summed E-state index contributed by atoms with van der Waals surface area (Å²) in [6, 6.07) is 10.5. The number of aliphatic hydroxyl groups excluding tert-OH is 1. The van der Waals surface area contributed by atoms with Gasteiger partial charge < -0.3 is 10.4 Å². The Kier molecular flexibility index (Phi) is 3.39. The van der Waals surface area contributed by atoms with Crippen LogP contribution in [0.1, 0.15) is 31.2 Å². The molecule has 1 saturated heterocycles. The highest BCUT2D eigenvalue weighted by Crippen LogP contribution is 2.24. The highest BCUT2D eigenvalue weighted by Gasteiger charge is 2.27. The Bertz CT molecular complexity index is 293. The first kappa shape index (κ1) is 10.7. The number of benzene rings is 1. The molecule has 1 aliphatic heterocycles. The van der Waals surface area contributed by atoms with Crippen molar-refractivity contribution >= 4 is 0 Å². The quantitative estimate of drug-likeness (QED) is 0.790. The largest absolute Gasteiger partial charge is 0.391 e. The Hall–Kier alpha value is -0.860. The van der Waals surface area contributed by atoms with Crippen molar-refractivity contribution < 1.29 is 5.11 Å². The fraction of sp³-hybridized carbons (Fsp3) is 0.538. The first-order chi connectivity index (χ1) is 7.29. The van der Waals surface area contributed by atoms with E-state index < -0.39 is 0 Å². The SMILES string of the molecule is CC(c1ccccc1)[C@H](O)[C@H]1CCCN1. The molecule has 1 aliphatic rings. The van der Waals surface area contributed by atoms with E-state index in [1.807, 2.05) is 18.2 Å². The molecule has 0 bridgehead atoms. The van der Waals surface area contributed by atoms with Crippen molar-refractivity contribution in [3.63, 3.8) is 0 Å². The van der Waals surface area contributed by atoms with Gasteiger partial charge in [0.2, 0.25) is 0 Å². The van der Waals surface area contributed by atoms with Crippen molar-refractivity contribution in [1.29, 1.82) is 0 Å². The van der Waals surface area contributed by atoms with Gasteiger partial charge in [0, 0.05) is 12.0 Å². The van der Waals surface area contributed by atoms with E-state index in [-0.39, 0.29) is 18.1 Å². The van der Waals surface area contributed by atoms with E-state index in [4.69, 9.17) is 0 Å². The average Bonchev–Trinajstić information content (AvgIpc) is 2.82. The van der Waals surface area contributed by atoms with Crippen LogP contribution in [0.3, 0.4) is 0 Å². The topological polar surface area (TPSA) is 32.3 Å². The summed E-state index contributed by atoms with van der Waals surface area (Å²) < 4.78 is 0. The molecule has 2 heteroatoms. The molecule has 0 saturated carbocycles. The van der Waals surface area contributed by atoms with E-state index in [1.54, 1.807) is 0 Å². The molecule has 1 unspecified atom stereocenters. The van der Waals surface area contributed by atoms with Gasteiger partial charge in [-0.15, -0.1) is 0 Å². The van der Waals surface area contributed by atoms with Crippen LogP contribution in [0.5, 0.6) is 0 Å². The van der Waals surface area contributed by atoms with Gasteiger partial charge in [-0.1, -0.05) is 37.3 Å². The van der Waals surface area contributed by atoms with E-state index >= 15 is 0 Å². The second-order valence-corrected chi connectivity index (χ2v) is 4.39. The molecular formula is C13H19NO. The van der Waals surface area contributed by atoms with Crippen LogP contribution in [0.2, 0.25) is 0 Å². The summed E-state index contributed by atoms with van der Waals surface area (Å²) in [5.74, 6) is 0.210. The Balaban J connectivity index is 2.03. The molecule has 2 nitrogen and oxygen atoms in total. The van der Waals surface area contributed by atoms with Gasteiger partial charge in [-0.25, -0.2) is 0 Å². The van der Waals surface area contributed by atoms with E-state index in [1.165, 1.54) is 12.0 Å². The van der Waals surface area contributed by atoms with Gasteiger partial charge >= 0.3 is 0 Å². The maximum absolute atomic E-state index is 10.2. The summed E-state index contributed by atoms with van der Waals surface area (Å²) in [5, 5.41) is 13.6. The standard InChI is InChI=1S/C13H19NO/c1-10(11-6-3-2-4-7-11)13(15)12-8-5-9-14-12/h2-4,6-7,10,12-15H,5,8-9H2,1H3/t10?,12-,13+/m1/s1. The van der Waals surface area contributed by atoms with Crippen molar-refractivity contribution in [1.82, 2.24) is 5.32 Å². The number of aliphatic hydroxyl groups is 1. The van der Waals surface area contributed by atoms with Crippen molar-refractivity contribution in [2.24, 2.45) is 0 Å². The minimum atomic E-state index is -0.269. The van der Waals surface area contributed by atoms with Gasteiger partial charge in [0.1, 0.15) is 0 Å². The fourth-order valence-electron chi connectivity index (χ4n) is 2.31. The summed E-state index contributed by atoms with van der Waals surface area (Å²) in [6.45, 7) is 3.14. The first-order valence-electron chi connectivity index (χ1n) is 5.75. The predicted molar refractivity (Wildman–Crippen MR) is 61.9 cm³/mol. The number of nitrogens with one attached hydrogen (secondary N) is 1. The van der Waals surface area contributed by atoms with E-state index in [2.05, 4.69) is 24.4 Å². The van der Waals surface area contributed by atoms with Gasteiger partial charge in [0.25, 0.3) is 0 Å². The third-order valence-corrected chi connectivity index (χ3v) is 3.35. The Labute approximate surface area is 91.3 Å². The van der Waals surface area contributed by atoms with Crippen LogP contribution in [0.25, 0.3) is 0 Å². The number of hydrogen-bond donors (Lipinski definition) is 2. The molecule has 0 spiro atoms. The van der Waals surface area contributed by atoms with Gasteiger partial charge in [-0.2, -0.15) is 0 Å². The molecule has 0 aliphatic carbocycles. The van der Waals surface area contributed by atoms with Gasteiger partial charge in [0.15, 0.2) is 0 Å². The lowest BCUT2D eigenvalue weighted by Gasteiger charge is -2.24. The molecule has 0 aromatic heterocycles. The molecule has 1 fully saturated rings. The maximum atomic E-state index is 10.2. The lowest BCUT2D eigenvalue weighted by molar-refractivity contribution is 0.112. The maximum Gasteiger partial charge on any atom is 0.0758 e. The molecule has 1 aromatic rings. The minimum absolute atomic E-state index is 0.210. The zero-order valence-electron chi connectivity index (χ0n) is 9.19. The van der Waals surface area contributed by atoms with Gasteiger partial charge in [0.05, 0.1) is 6.10 Å². The summed E-state index contributed by atoms with van der Waals surface area (Å²) in [5.41, 5.74) is 1.22. The van der Waals surface area contributed by atoms with Crippen molar-refractivity contribution in [2.75, 3.05) is 6.54 Å². The molecule has 2 rings (SSSR count). The van der Waals surface area contributed by atoms with Crippen LogP contribution < -0.4 is 5.32 Å². The molecule has 0 radical (unpaired) electrons. The number of hydrogen-bond acceptors (Lipinski definition) is 2. The summed E-state index contributed by atoms with van der Waals surface area (Å²) >= 11 is 0. The molecule has 0 amide bonds. The highest BCUT2D eigenvalue weighted by molar-refractivity contribution is 5.20. The Morgan fingerprint density at radius 2 is 2.07 bits per heavy atom. The highest BCUT2D eigenvalue weighted by atomic mass is 16.3. The zero-order valence-corrected chi connectivity index (χ0v) is 9.19. The average molecular weight is 205 g/mol. The molecule has 3 atom stereocenters. The van der Waals surface area contributed by atoms with E-state index in [9.17, 15) is 5.11 Å². The van der Waals surface area contributed by atoms with Crippen molar-refractivity contribution in [2.45, 2.75) is 37.8 Å². The summed E-state index contributed by atoms with van der Waals surface area (Å²) in [6.07, 6.45) is 2.01. The van der Waals surface area contributed by atoms with Crippen LogP contribution in [0, 0.1) is 0 Å². The monoisotopic (exact) mass is 205 g/mol. The van der Waals surface area contributed by atoms with Gasteiger partial charge in [-0.05, 0) is 24.9 Å². The molecule has 2 N–H and O–H groups in total. The van der Waals surface area contributed by atoms with Crippen LogP contribution in [-0.4, -0.2) is 23.8 Å². The van der Waals surface area contributed by atoms with E-state index in [0.29, 0.717) is 0 Å². The lowest BCUT2D eigenvalue weighted by atomic mass is 9.90. The molecule has 82 valence electrons. The summed E-state index contributed by atoms with van der Waals surface area (Å²) in [4.78, 5) is 0. The third-order valence-electron chi connectivity index (χ3n) is 3.35. The first-order valence-corrected chi connectivity index (χ1v) is 5.75. The fourth-order valence-corrected chi connectivity index (χ4v) is 2.31. The smallest absolute Gasteiger partial charge is 0.0758 e. The van der Waals surface area contributed by atoms with Crippen molar-refractivity contribution in [3.05, 3.63) is 35.9 Å². The molecule has 15 heavy (non-hydrogen) atoms. The second kappa shape index (κ2) is 4.77. The minimum Gasteiger partial charge on any atom is -0.391 e. The molecule has 1 heterocycles. The Morgan fingerprint density at radius 1 is 1.33 bits per heavy atom. The second-order valence-electron chi connectivity index (χ2n) is 4.39. The molecule has 1 aromatic carbocycles. The normalized spacial score (nSPS) is 25.1. The molecular weight excluding hydrogens is 186 g/mol. The van der Waals surface area contributed by atoms with Crippen molar-refractivity contribution in [3.8, 4) is 0 Å². The van der Waals surface area contributed by atoms with E-state index in [0.717, 1.165) is 13.0 Å². The van der Waals surface area contributed by atoms with Crippen LogP contribution in [-0.2, 0) is 0 Å². The number of rotatable bonds is 3. The van der Waals surface area contributed by atoms with Crippen LogP contribution in [0.4, 0.5) is 0 Å².